The van der Waals surface area contributed by atoms with Crippen molar-refractivity contribution in [2.45, 2.75) is 24.6 Å². The van der Waals surface area contributed by atoms with Gasteiger partial charge in [-0.15, -0.1) is 0 Å². The minimum absolute atomic E-state index is 0.239. The summed E-state index contributed by atoms with van der Waals surface area (Å²) in [5.41, 5.74) is 1.49. The van der Waals surface area contributed by atoms with Crippen molar-refractivity contribution in [3.63, 3.8) is 0 Å². The van der Waals surface area contributed by atoms with Gasteiger partial charge in [0.25, 0.3) is 0 Å². The average molecular weight is 277 g/mol. The maximum absolute atomic E-state index is 8.97. The Balaban J connectivity index is 2.25. The number of hydrogen-bond acceptors (Lipinski definition) is 4. The molecule has 1 aromatic rings. The fourth-order valence-electron chi connectivity index (χ4n) is 1.55. The zero-order valence-electron chi connectivity index (χ0n) is 8.57. The summed E-state index contributed by atoms with van der Waals surface area (Å²) >= 11 is 3.26. The molecule has 0 spiro atoms. The maximum Gasteiger partial charge on any atom is 0.163 e. The molecule has 0 N–H and O–H groups in total. The van der Waals surface area contributed by atoms with Gasteiger partial charge in [0.05, 0.1) is 22.9 Å². The molecular formula is C11H9BrN4. The van der Waals surface area contributed by atoms with Crippen molar-refractivity contribution >= 4 is 15.9 Å². The lowest BCUT2D eigenvalue weighted by Gasteiger charge is -2.05. The first kappa shape index (κ1) is 11.0. The average Bonchev–Trinajstić information content (AvgIpc) is 3.09. The Kier molecular flexibility index (Phi) is 2.89. The molecule has 1 aliphatic carbocycles. The van der Waals surface area contributed by atoms with Gasteiger partial charge >= 0.3 is 0 Å². The van der Waals surface area contributed by atoms with Crippen molar-refractivity contribution in [3.05, 3.63) is 23.3 Å². The standard InChI is InChI=1S/C11H9BrN4/c12-4-9-10(5-13)16-8(6-15-9)3-11(7-14)1-2-11/h6H,1-4H2. The van der Waals surface area contributed by atoms with Crippen molar-refractivity contribution < 1.29 is 0 Å². The minimum atomic E-state index is -0.239. The van der Waals surface area contributed by atoms with Gasteiger partial charge in [0.15, 0.2) is 5.69 Å². The number of halogens is 1. The van der Waals surface area contributed by atoms with Crippen molar-refractivity contribution in [3.8, 4) is 12.1 Å². The molecule has 0 amide bonds. The van der Waals surface area contributed by atoms with E-state index >= 15 is 0 Å². The molecule has 1 saturated carbocycles. The summed E-state index contributed by atoms with van der Waals surface area (Å²) < 4.78 is 0. The summed E-state index contributed by atoms with van der Waals surface area (Å²) in [6.07, 6.45) is 4.11. The Hall–Kier alpha value is -1.46. The van der Waals surface area contributed by atoms with Crippen molar-refractivity contribution in [2.75, 3.05) is 0 Å². The highest BCUT2D eigenvalue weighted by molar-refractivity contribution is 9.08. The largest absolute Gasteiger partial charge is 0.255 e. The highest BCUT2D eigenvalue weighted by Gasteiger charge is 2.43. The molecule has 80 valence electrons. The van der Waals surface area contributed by atoms with Crippen LogP contribution >= 0.6 is 15.9 Å². The van der Waals surface area contributed by atoms with Crippen LogP contribution in [0.15, 0.2) is 6.20 Å². The minimum Gasteiger partial charge on any atom is -0.255 e. The molecule has 1 heterocycles. The van der Waals surface area contributed by atoms with E-state index in [9.17, 15) is 0 Å². The van der Waals surface area contributed by atoms with E-state index in [4.69, 9.17) is 10.5 Å². The number of aromatic nitrogens is 2. The smallest absolute Gasteiger partial charge is 0.163 e. The first-order valence-electron chi connectivity index (χ1n) is 4.95. The third-order valence-corrected chi connectivity index (χ3v) is 3.27. The normalized spacial score (nSPS) is 16.2. The summed E-state index contributed by atoms with van der Waals surface area (Å²) in [6.45, 7) is 0. The van der Waals surface area contributed by atoms with E-state index in [1.807, 2.05) is 6.07 Å². The second kappa shape index (κ2) is 4.19. The van der Waals surface area contributed by atoms with E-state index in [0.717, 1.165) is 18.5 Å². The van der Waals surface area contributed by atoms with Crippen LogP contribution < -0.4 is 0 Å². The zero-order chi connectivity index (χ0) is 11.6. The highest BCUT2D eigenvalue weighted by Crippen LogP contribution is 2.47. The van der Waals surface area contributed by atoms with Crippen LogP contribution in [0.1, 0.15) is 29.9 Å². The molecule has 16 heavy (non-hydrogen) atoms. The molecule has 5 heteroatoms. The van der Waals surface area contributed by atoms with Crippen LogP contribution in [-0.4, -0.2) is 9.97 Å². The number of rotatable bonds is 3. The van der Waals surface area contributed by atoms with Crippen LogP contribution in [0.4, 0.5) is 0 Å². The van der Waals surface area contributed by atoms with Gasteiger partial charge in [0.1, 0.15) is 6.07 Å². The molecule has 1 fully saturated rings. The van der Waals surface area contributed by atoms with Crippen LogP contribution in [0.2, 0.25) is 0 Å². The molecule has 0 radical (unpaired) electrons. The van der Waals surface area contributed by atoms with Gasteiger partial charge in [0, 0.05) is 17.9 Å². The quantitative estimate of drug-likeness (QED) is 0.793. The second-order valence-electron chi connectivity index (χ2n) is 3.97. The molecule has 0 unspecified atom stereocenters. The molecular weight excluding hydrogens is 268 g/mol. The van der Waals surface area contributed by atoms with Crippen LogP contribution in [0, 0.1) is 28.1 Å². The Morgan fingerprint density at radius 3 is 2.69 bits per heavy atom. The predicted octanol–water partition coefficient (Wildman–Crippen LogP) is 2.09. The van der Waals surface area contributed by atoms with Gasteiger partial charge < -0.3 is 0 Å². The molecule has 0 aliphatic heterocycles. The molecule has 0 saturated heterocycles. The van der Waals surface area contributed by atoms with Crippen LogP contribution in [0.3, 0.4) is 0 Å². The van der Waals surface area contributed by atoms with Crippen molar-refractivity contribution in [1.82, 2.24) is 9.97 Å². The fourth-order valence-corrected chi connectivity index (χ4v) is 1.96. The van der Waals surface area contributed by atoms with Gasteiger partial charge in [-0.1, -0.05) is 15.9 Å². The molecule has 2 rings (SSSR count). The Morgan fingerprint density at radius 2 is 2.19 bits per heavy atom. The summed E-state index contributed by atoms with van der Waals surface area (Å²) in [5, 5.41) is 18.4. The van der Waals surface area contributed by atoms with E-state index < -0.39 is 0 Å². The van der Waals surface area contributed by atoms with Gasteiger partial charge in [0.2, 0.25) is 0 Å². The highest BCUT2D eigenvalue weighted by atomic mass is 79.9. The third-order valence-electron chi connectivity index (χ3n) is 2.74. The zero-order valence-corrected chi connectivity index (χ0v) is 10.2. The fraction of sp³-hybridized carbons (Fsp3) is 0.455. The van der Waals surface area contributed by atoms with Gasteiger partial charge in [-0.25, -0.2) is 4.98 Å². The third kappa shape index (κ3) is 2.05. The predicted molar refractivity (Wildman–Crippen MR) is 60.4 cm³/mol. The van der Waals surface area contributed by atoms with E-state index in [1.165, 1.54) is 0 Å². The number of nitriles is 2. The van der Waals surface area contributed by atoms with Gasteiger partial charge in [-0.3, -0.25) is 4.98 Å². The Morgan fingerprint density at radius 1 is 1.44 bits per heavy atom. The molecule has 1 aromatic heterocycles. The first-order valence-corrected chi connectivity index (χ1v) is 6.07. The number of nitrogens with zero attached hydrogens (tertiary/aromatic N) is 4. The van der Waals surface area contributed by atoms with Crippen molar-refractivity contribution in [2.24, 2.45) is 5.41 Å². The lowest BCUT2D eigenvalue weighted by Crippen LogP contribution is -2.07. The summed E-state index contributed by atoms with van der Waals surface area (Å²) in [7, 11) is 0. The summed E-state index contributed by atoms with van der Waals surface area (Å²) in [5.74, 6) is 0. The van der Waals surface area contributed by atoms with Crippen LogP contribution in [-0.2, 0) is 11.8 Å². The van der Waals surface area contributed by atoms with Crippen molar-refractivity contribution in [1.29, 1.82) is 10.5 Å². The first-order chi connectivity index (χ1) is 7.73. The van der Waals surface area contributed by atoms with E-state index in [1.54, 1.807) is 6.20 Å². The second-order valence-corrected chi connectivity index (χ2v) is 4.53. The van der Waals surface area contributed by atoms with Crippen LogP contribution in [0.25, 0.3) is 0 Å². The molecule has 4 nitrogen and oxygen atoms in total. The topological polar surface area (TPSA) is 73.4 Å². The molecule has 0 bridgehead atoms. The lowest BCUT2D eigenvalue weighted by atomic mass is 10.0. The molecule has 1 aliphatic rings. The Bertz CT molecular complexity index is 494. The Labute approximate surface area is 102 Å². The van der Waals surface area contributed by atoms with Crippen LogP contribution in [0.5, 0.6) is 0 Å². The molecule has 0 atom stereocenters. The monoisotopic (exact) mass is 276 g/mol. The van der Waals surface area contributed by atoms with E-state index in [2.05, 4.69) is 32.0 Å². The SMILES string of the molecule is N#Cc1nc(CC2(C#N)CC2)cnc1CBr. The van der Waals surface area contributed by atoms with E-state index in [-0.39, 0.29) is 5.41 Å². The maximum atomic E-state index is 8.97. The summed E-state index contributed by atoms with van der Waals surface area (Å²) in [4.78, 5) is 8.40. The number of alkyl halides is 1. The number of hydrogen-bond donors (Lipinski definition) is 0. The van der Waals surface area contributed by atoms with Gasteiger partial charge in [-0.2, -0.15) is 10.5 Å². The van der Waals surface area contributed by atoms with E-state index in [0.29, 0.717) is 23.1 Å². The molecule has 0 aromatic carbocycles. The lowest BCUT2D eigenvalue weighted by molar-refractivity contribution is 0.646. The van der Waals surface area contributed by atoms with Gasteiger partial charge in [-0.05, 0) is 12.8 Å². The summed E-state index contributed by atoms with van der Waals surface area (Å²) in [6, 6.07) is 4.33.